The van der Waals surface area contributed by atoms with Gasteiger partial charge in [0.1, 0.15) is 0 Å². The molecule has 0 radical (unpaired) electrons. The van der Waals surface area contributed by atoms with Gasteiger partial charge in [-0.05, 0) is 44.3 Å². The van der Waals surface area contributed by atoms with Crippen molar-refractivity contribution in [1.82, 2.24) is 9.55 Å². The molecule has 86 valence electrons. The Morgan fingerprint density at radius 1 is 1.53 bits per heavy atom. The third-order valence-corrected chi connectivity index (χ3v) is 2.91. The molecule has 0 aliphatic heterocycles. The fraction of sp³-hybridized carbons (Fsp3) is 0.231. The van der Waals surface area contributed by atoms with Crippen molar-refractivity contribution in [1.29, 1.82) is 5.26 Å². The van der Waals surface area contributed by atoms with E-state index in [4.69, 9.17) is 17.5 Å². The van der Waals surface area contributed by atoms with Crippen LogP contribution in [0.25, 0.3) is 11.0 Å². The van der Waals surface area contributed by atoms with Crippen LogP contribution >= 0.6 is 12.2 Å². The summed E-state index contributed by atoms with van der Waals surface area (Å²) >= 11 is 5.28. The second kappa shape index (κ2) is 4.56. The van der Waals surface area contributed by atoms with Crippen molar-refractivity contribution in [2.75, 3.05) is 0 Å². The number of aromatic amines is 1. The highest BCUT2D eigenvalue weighted by atomic mass is 32.1. The Morgan fingerprint density at radius 2 is 2.29 bits per heavy atom. The maximum Gasteiger partial charge on any atom is 0.178 e. The Kier molecular flexibility index (Phi) is 3.12. The molecule has 4 heteroatoms. The van der Waals surface area contributed by atoms with E-state index in [1.807, 2.05) is 16.7 Å². The topological polar surface area (TPSA) is 44.5 Å². The summed E-state index contributed by atoms with van der Waals surface area (Å²) in [6.45, 7) is 4.84. The van der Waals surface area contributed by atoms with Gasteiger partial charge >= 0.3 is 0 Å². The Labute approximate surface area is 105 Å². The van der Waals surface area contributed by atoms with Gasteiger partial charge in [-0.2, -0.15) is 5.26 Å². The lowest BCUT2D eigenvalue weighted by atomic mass is 10.2. The van der Waals surface area contributed by atoms with Gasteiger partial charge in [-0.15, -0.1) is 0 Å². The van der Waals surface area contributed by atoms with E-state index >= 15 is 0 Å². The van der Waals surface area contributed by atoms with Crippen molar-refractivity contribution in [2.24, 2.45) is 0 Å². The zero-order chi connectivity index (χ0) is 12.4. The molecule has 0 bridgehead atoms. The van der Waals surface area contributed by atoms with Gasteiger partial charge in [-0.3, -0.25) is 0 Å². The molecule has 2 rings (SSSR count). The van der Waals surface area contributed by atoms with E-state index in [1.165, 1.54) is 5.57 Å². The molecule has 0 saturated heterocycles. The summed E-state index contributed by atoms with van der Waals surface area (Å²) in [6.07, 6.45) is 2.11. The minimum atomic E-state index is 0.650. The Balaban J connectivity index is 2.61. The van der Waals surface area contributed by atoms with Crippen molar-refractivity contribution in [3.05, 3.63) is 40.2 Å². The maximum atomic E-state index is 8.91. The Hall–Kier alpha value is -1.86. The van der Waals surface area contributed by atoms with Crippen LogP contribution in [0.1, 0.15) is 19.4 Å². The number of nitrogens with one attached hydrogen (secondary N) is 1. The van der Waals surface area contributed by atoms with Crippen LogP contribution in [0.2, 0.25) is 0 Å². The highest BCUT2D eigenvalue weighted by Gasteiger charge is 2.04. The number of benzene rings is 1. The first-order valence-electron chi connectivity index (χ1n) is 5.38. The van der Waals surface area contributed by atoms with Gasteiger partial charge in [0.15, 0.2) is 4.77 Å². The van der Waals surface area contributed by atoms with Crippen LogP contribution in [0.4, 0.5) is 0 Å². The third-order valence-electron chi connectivity index (χ3n) is 2.59. The van der Waals surface area contributed by atoms with E-state index < -0.39 is 0 Å². The number of H-pyrrole nitrogens is 1. The van der Waals surface area contributed by atoms with Gasteiger partial charge in [0.2, 0.25) is 0 Å². The smallest absolute Gasteiger partial charge is 0.178 e. The number of aromatic nitrogens is 2. The molecule has 0 unspecified atom stereocenters. The summed E-state index contributed by atoms with van der Waals surface area (Å²) in [5, 5.41) is 8.91. The van der Waals surface area contributed by atoms with E-state index in [2.05, 4.69) is 31.0 Å². The fourth-order valence-electron chi connectivity index (χ4n) is 1.68. The summed E-state index contributed by atoms with van der Waals surface area (Å²) in [5.74, 6) is 0. The van der Waals surface area contributed by atoms with E-state index in [0.29, 0.717) is 10.3 Å². The number of hydrogen-bond acceptors (Lipinski definition) is 2. The first kappa shape index (κ1) is 11.6. The van der Waals surface area contributed by atoms with E-state index in [0.717, 1.165) is 17.6 Å². The molecular weight excluding hydrogens is 230 g/mol. The second-order valence-corrected chi connectivity index (χ2v) is 4.55. The predicted octanol–water partition coefficient (Wildman–Crippen LogP) is 3.54. The summed E-state index contributed by atoms with van der Waals surface area (Å²) in [5.41, 5.74) is 3.85. The molecule has 1 aromatic heterocycles. The fourth-order valence-corrected chi connectivity index (χ4v) is 1.96. The van der Waals surface area contributed by atoms with Crippen molar-refractivity contribution in [3.8, 4) is 6.07 Å². The number of hydrogen-bond donors (Lipinski definition) is 1. The van der Waals surface area contributed by atoms with Crippen LogP contribution in [0.3, 0.4) is 0 Å². The van der Waals surface area contributed by atoms with Crippen LogP contribution < -0.4 is 0 Å². The average molecular weight is 243 g/mol. The predicted molar refractivity (Wildman–Crippen MR) is 71.3 cm³/mol. The number of rotatable bonds is 2. The van der Waals surface area contributed by atoms with E-state index in [9.17, 15) is 0 Å². The highest BCUT2D eigenvalue weighted by molar-refractivity contribution is 7.71. The molecule has 3 nitrogen and oxygen atoms in total. The first-order chi connectivity index (χ1) is 8.11. The molecule has 0 amide bonds. The molecule has 0 spiro atoms. The van der Waals surface area contributed by atoms with Crippen molar-refractivity contribution >= 4 is 23.3 Å². The number of nitriles is 1. The monoisotopic (exact) mass is 243 g/mol. The third kappa shape index (κ3) is 2.29. The Morgan fingerprint density at radius 3 is 2.94 bits per heavy atom. The van der Waals surface area contributed by atoms with Gasteiger partial charge in [0.05, 0.1) is 22.7 Å². The standard InChI is InChI=1S/C13H13N3S/c1-9(2)5-6-16-12-7-10(8-14)3-4-11(12)15-13(16)17/h3-5,7H,6H2,1-2H3,(H,15,17). The van der Waals surface area contributed by atoms with Gasteiger partial charge in [-0.1, -0.05) is 11.6 Å². The zero-order valence-corrected chi connectivity index (χ0v) is 10.6. The van der Waals surface area contributed by atoms with Crippen LogP contribution in [0.15, 0.2) is 29.8 Å². The normalized spacial score (nSPS) is 10.2. The van der Waals surface area contributed by atoms with E-state index in [-0.39, 0.29) is 0 Å². The van der Waals surface area contributed by atoms with Crippen LogP contribution in [0, 0.1) is 16.1 Å². The first-order valence-corrected chi connectivity index (χ1v) is 5.78. The summed E-state index contributed by atoms with van der Waals surface area (Å²) in [6, 6.07) is 7.69. The highest BCUT2D eigenvalue weighted by Crippen LogP contribution is 2.16. The summed E-state index contributed by atoms with van der Waals surface area (Å²) in [7, 11) is 0. The van der Waals surface area contributed by atoms with E-state index in [1.54, 1.807) is 6.07 Å². The molecule has 0 aliphatic rings. The van der Waals surface area contributed by atoms with Gasteiger partial charge in [0, 0.05) is 6.54 Å². The van der Waals surface area contributed by atoms with Crippen molar-refractivity contribution in [3.63, 3.8) is 0 Å². The molecule has 0 atom stereocenters. The van der Waals surface area contributed by atoms with Crippen molar-refractivity contribution in [2.45, 2.75) is 20.4 Å². The van der Waals surface area contributed by atoms with Gasteiger partial charge < -0.3 is 9.55 Å². The average Bonchev–Trinajstić information content (AvgIpc) is 2.61. The molecule has 1 heterocycles. The van der Waals surface area contributed by atoms with Crippen LogP contribution in [-0.4, -0.2) is 9.55 Å². The van der Waals surface area contributed by atoms with Gasteiger partial charge in [0.25, 0.3) is 0 Å². The molecule has 0 fully saturated rings. The molecular formula is C13H13N3S. The number of imidazole rings is 1. The number of allylic oxidation sites excluding steroid dienone is 2. The zero-order valence-electron chi connectivity index (χ0n) is 9.82. The molecule has 2 aromatic rings. The molecule has 1 aromatic carbocycles. The lowest BCUT2D eigenvalue weighted by Crippen LogP contribution is -1.95. The van der Waals surface area contributed by atoms with Crippen molar-refractivity contribution < 1.29 is 0 Å². The van der Waals surface area contributed by atoms with Gasteiger partial charge in [-0.25, -0.2) is 0 Å². The quantitative estimate of drug-likeness (QED) is 0.647. The second-order valence-electron chi connectivity index (χ2n) is 4.17. The molecule has 17 heavy (non-hydrogen) atoms. The molecule has 0 saturated carbocycles. The number of fused-ring (bicyclic) bond motifs is 1. The molecule has 0 aliphatic carbocycles. The minimum absolute atomic E-state index is 0.650. The van der Waals surface area contributed by atoms with Crippen LogP contribution in [0.5, 0.6) is 0 Å². The number of nitrogens with zero attached hydrogens (tertiary/aromatic N) is 2. The van der Waals surface area contributed by atoms with Crippen LogP contribution in [-0.2, 0) is 6.54 Å². The summed E-state index contributed by atoms with van der Waals surface area (Å²) in [4.78, 5) is 3.14. The summed E-state index contributed by atoms with van der Waals surface area (Å²) < 4.78 is 2.69. The largest absolute Gasteiger partial charge is 0.331 e. The maximum absolute atomic E-state index is 8.91. The SMILES string of the molecule is CC(C)=CCn1c(=S)[nH]c2ccc(C#N)cc21. The lowest BCUT2D eigenvalue weighted by molar-refractivity contribution is 0.828. The molecule has 1 N–H and O–H groups in total. The lowest BCUT2D eigenvalue weighted by Gasteiger charge is -2.01. The Bertz CT molecular complexity index is 679. The minimum Gasteiger partial charge on any atom is -0.331 e.